The Morgan fingerprint density at radius 1 is 1.44 bits per heavy atom. The van der Waals surface area contributed by atoms with E-state index in [1.165, 1.54) is 6.42 Å². The van der Waals surface area contributed by atoms with E-state index >= 15 is 0 Å². The van der Waals surface area contributed by atoms with Gasteiger partial charge in [-0.1, -0.05) is 13.8 Å². The van der Waals surface area contributed by atoms with Crippen LogP contribution >= 0.6 is 0 Å². The summed E-state index contributed by atoms with van der Waals surface area (Å²) in [6.07, 6.45) is 1.20. The van der Waals surface area contributed by atoms with Crippen molar-refractivity contribution in [1.29, 1.82) is 0 Å². The Balaban J connectivity index is 2.28. The van der Waals surface area contributed by atoms with Crippen molar-refractivity contribution < 1.29 is 4.21 Å². The van der Waals surface area contributed by atoms with Gasteiger partial charge in [0.2, 0.25) is 0 Å². The number of likely N-dealkylation sites (tertiary alicyclic amines) is 1. The van der Waals surface area contributed by atoms with Gasteiger partial charge < -0.3 is 10.2 Å². The van der Waals surface area contributed by atoms with Crippen molar-refractivity contribution in [1.82, 2.24) is 10.2 Å². The summed E-state index contributed by atoms with van der Waals surface area (Å²) in [6, 6.07) is 1.26. The minimum atomic E-state index is -0.631. The van der Waals surface area contributed by atoms with Gasteiger partial charge in [-0.05, 0) is 26.3 Å². The van der Waals surface area contributed by atoms with Crippen molar-refractivity contribution in [3.8, 4) is 0 Å². The highest BCUT2D eigenvalue weighted by molar-refractivity contribution is 7.84. The van der Waals surface area contributed by atoms with Crippen LogP contribution in [0.4, 0.5) is 0 Å². The van der Waals surface area contributed by atoms with Crippen molar-refractivity contribution in [2.75, 3.05) is 31.6 Å². The number of hydrogen-bond acceptors (Lipinski definition) is 3. The molecule has 1 fully saturated rings. The first-order valence-electron chi connectivity index (χ1n) is 6.33. The highest BCUT2D eigenvalue weighted by atomic mass is 32.2. The van der Waals surface area contributed by atoms with E-state index in [-0.39, 0.29) is 0 Å². The second kappa shape index (κ2) is 6.72. The molecule has 0 aromatic carbocycles. The summed E-state index contributed by atoms with van der Waals surface area (Å²) in [7, 11) is 1.57. The van der Waals surface area contributed by atoms with Crippen molar-refractivity contribution in [3.05, 3.63) is 0 Å². The molecule has 3 nitrogen and oxygen atoms in total. The Morgan fingerprint density at radius 3 is 2.75 bits per heavy atom. The molecule has 1 aliphatic rings. The Labute approximate surface area is 102 Å². The molecule has 0 radical (unpaired) electrons. The van der Waals surface area contributed by atoms with Gasteiger partial charge in [0.1, 0.15) is 0 Å². The molecule has 1 heterocycles. The highest BCUT2D eigenvalue weighted by Gasteiger charge is 2.28. The van der Waals surface area contributed by atoms with Gasteiger partial charge in [-0.2, -0.15) is 0 Å². The third-order valence-electron chi connectivity index (χ3n) is 3.67. The van der Waals surface area contributed by atoms with Gasteiger partial charge in [-0.15, -0.1) is 0 Å². The fraction of sp³-hybridized carbons (Fsp3) is 1.00. The first-order chi connectivity index (χ1) is 7.54. The van der Waals surface area contributed by atoms with Crippen LogP contribution in [0.5, 0.6) is 0 Å². The van der Waals surface area contributed by atoms with E-state index < -0.39 is 10.8 Å². The number of nitrogens with zero attached hydrogens (tertiary/aromatic N) is 1. The minimum absolute atomic E-state index is 0.597. The van der Waals surface area contributed by atoms with Gasteiger partial charge in [0.25, 0.3) is 0 Å². The first-order valence-corrected chi connectivity index (χ1v) is 7.82. The number of hydrogen-bond donors (Lipinski definition) is 1. The maximum Gasteiger partial charge on any atom is 0.0360 e. The molecule has 0 bridgehead atoms. The van der Waals surface area contributed by atoms with Crippen molar-refractivity contribution in [2.45, 2.75) is 39.3 Å². The quantitative estimate of drug-likeness (QED) is 0.788. The maximum absolute atomic E-state index is 11.3. The average molecular weight is 246 g/mol. The molecular weight excluding hydrogens is 220 g/mol. The zero-order chi connectivity index (χ0) is 12.1. The normalized spacial score (nSPS) is 33.9. The topological polar surface area (TPSA) is 32.3 Å². The summed E-state index contributed by atoms with van der Waals surface area (Å²) in [5.74, 6) is 2.27. The van der Waals surface area contributed by atoms with E-state index in [2.05, 4.69) is 31.1 Å². The van der Waals surface area contributed by atoms with Crippen LogP contribution in [0.1, 0.15) is 27.2 Å². The molecule has 1 aliphatic heterocycles. The van der Waals surface area contributed by atoms with Crippen LogP contribution < -0.4 is 5.32 Å². The fourth-order valence-corrected chi connectivity index (χ4v) is 2.96. The lowest BCUT2D eigenvalue weighted by Gasteiger charge is -2.40. The van der Waals surface area contributed by atoms with Crippen molar-refractivity contribution in [3.63, 3.8) is 0 Å². The molecule has 1 N–H and O–H groups in total. The van der Waals surface area contributed by atoms with E-state index in [4.69, 9.17) is 0 Å². The summed E-state index contributed by atoms with van der Waals surface area (Å²) in [4.78, 5) is 2.42. The highest BCUT2D eigenvalue weighted by Crippen LogP contribution is 2.20. The Kier molecular flexibility index (Phi) is 5.94. The lowest BCUT2D eigenvalue weighted by atomic mass is 9.90. The third kappa shape index (κ3) is 4.15. The molecule has 96 valence electrons. The third-order valence-corrected chi connectivity index (χ3v) is 4.97. The SMILES string of the molecule is CCS(=O)CCNC1CC(C)N(C)CC1C. The molecule has 1 rings (SSSR count). The van der Waals surface area contributed by atoms with Gasteiger partial charge in [0.15, 0.2) is 0 Å². The van der Waals surface area contributed by atoms with Crippen molar-refractivity contribution in [2.24, 2.45) is 5.92 Å². The predicted molar refractivity (Wildman–Crippen MR) is 71.2 cm³/mol. The molecule has 0 aliphatic carbocycles. The molecule has 4 atom stereocenters. The van der Waals surface area contributed by atoms with Crippen LogP contribution in [0.25, 0.3) is 0 Å². The second-order valence-electron chi connectivity index (χ2n) is 4.99. The first kappa shape index (κ1) is 14.1. The Morgan fingerprint density at radius 2 is 2.12 bits per heavy atom. The second-order valence-corrected chi connectivity index (χ2v) is 6.86. The molecule has 0 saturated carbocycles. The van der Waals surface area contributed by atoms with Crippen molar-refractivity contribution >= 4 is 10.8 Å². The molecule has 0 amide bonds. The minimum Gasteiger partial charge on any atom is -0.313 e. The maximum atomic E-state index is 11.3. The summed E-state index contributed by atoms with van der Waals surface area (Å²) in [5, 5.41) is 3.57. The number of piperidine rings is 1. The lowest BCUT2D eigenvalue weighted by molar-refractivity contribution is 0.123. The lowest BCUT2D eigenvalue weighted by Crippen LogP contribution is -2.51. The summed E-state index contributed by atoms with van der Waals surface area (Å²) in [6.45, 7) is 8.62. The van der Waals surface area contributed by atoms with E-state index in [0.717, 1.165) is 24.6 Å². The molecule has 0 aromatic heterocycles. The largest absolute Gasteiger partial charge is 0.313 e. The van der Waals surface area contributed by atoms with E-state index in [1.807, 2.05) is 6.92 Å². The molecular formula is C12H26N2OS. The van der Waals surface area contributed by atoms with Gasteiger partial charge >= 0.3 is 0 Å². The smallest absolute Gasteiger partial charge is 0.0360 e. The van der Waals surface area contributed by atoms with Crippen LogP contribution in [0.3, 0.4) is 0 Å². The molecule has 16 heavy (non-hydrogen) atoms. The molecule has 0 aromatic rings. The average Bonchev–Trinajstić information content (AvgIpc) is 2.25. The Hall–Kier alpha value is 0.0700. The standard InChI is InChI=1S/C12H26N2OS/c1-5-16(15)7-6-13-12-8-11(3)14(4)9-10(12)2/h10-13H,5-9H2,1-4H3. The zero-order valence-electron chi connectivity index (χ0n) is 11.0. The monoisotopic (exact) mass is 246 g/mol. The number of rotatable bonds is 5. The molecule has 1 saturated heterocycles. The van der Waals surface area contributed by atoms with Gasteiger partial charge in [0.05, 0.1) is 0 Å². The van der Waals surface area contributed by atoms with E-state index in [1.54, 1.807) is 0 Å². The van der Waals surface area contributed by atoms with Gasteiger partial charge in [-0.25, -0.2) is 0 Å². The van der Waals surface area contributed by atoms with Crippen LogP contribution in [-0.4, -0.2) is 52.8 Å². The summed E-state index contributed by atoms with van der Waals surface area (Å²) >= 11 is 0. The molecule has 4 heteroatoms. The predicted octanol–water partition coefficient (Wildman–Crippen LogP) is 1.07. The van der Waals surface area contributed by atoms with Crippen LogP contribution in [0.2, 0.25) is 0 Å². The molecule has 0 spiro atoms. The van der Waals surface area contributed by atoms with Gasteiger partial charge in [-0.3, -0.25) is 4.21 Å². The van der Waals surface area contributed by atoms with E-state index in [0.29, 0.717) is 18.0 Å². The fourth-order valence-electron chi connectivity index (χ4n) is 2.33. The van der Waals surface area contributed by atoms with Gasteiger partial charge in [0, 0.05) is 47.5 Å². The Bertz CT molecular complexity index is 235. The number of nitrogens with one attached hydrogen (secondary N) is 1. The summed E-state index contributed by atoms with van der Waals surface area (Å²) < 4.78 is 11.3. The van der Waals surface area contributed by atoms with Crippen LogP contribution in [0, 0.1) is 5.92 Å². The molecule has 4 unspecified atom stereocenters. The van der Waals surface area contributed by atoms with Crippen LogP contribution in [-0.2, 0) is 10.8 Å². The van der Waals surface area contributed by atoms with Crippen LogP contribution in [0.15, 0.2) is 0 Å². The zero-order valence-corrected chi connectivity index (χ0v) is 11.8. The summed E-state index contributed by atoms with van der Waals surface area (Å²) in [5.41, 5.74) is 0. The van der Waals surface area contributed by atoms with E-state index in [9.17, 15) is 4.21 Å².